The largest absolute Gasteiger partial charge is 0.351 e. The maximum absolute atomic E-state index is 13.5. The first-order chi connectivity index (χ1) is 15.2. The first kappa shape index (κ1) is 21.3. The maximum Gasteiger partial charge on any atom is 0.247 e. The predicted octanol–water partition coefficient (Wildman–Crippen LogP) is 5.12. The Morgan fingerprint density at radius 3 is 2.26 bits per heavy atom. The van der Waals surface area contributed by atoms with Crippen LogP contribution in [0.5, 0.6) is 0 Å². The molecule has 4 rings (SSSR count). The normalized spacial score (nSPS) is 14.8. The number of nitrogens with zero attached hydrogens (tertiary/aromatic N) is 1. The minimum atomic E-state index is -0.658. The Morgan fingerprint density at radius 2 is 1.61 bits per heavy atom. The van der Waals surface area contributed by atoms with Gasteiger partial charge in [0.25, 0.3) is 0 Å². The summed E-state index contributed by atoms with van der Waals surface area (Å²) >= 11 is 1.57. The van der Waals surface area contributed by atoms with Crippen molar-refractivity contribution in [1.82, 2.24) is 10.2 Å². The van der Waals surface area contributed by atoms with E-state index in [1.54, 1.807) is 16.2 Å². The molecule has 1 aliphatic rings. The van der Waals surface area contributed by atoms with Gasteiger partial charge < -0.3 is 10.2 Å². The molecule has 160 valence electrons. The van der Waals surface area contributed by atoms with Crippen LogP contribution in [-0.4, -0.2) is 22.8 Å². The van der Waals surface area contributed by atoms with Crippen LogP contribution in [0.3, 0.4) is 0 Å². The van der Waals surface area contributed by atoms with Gasteiger partial charge in [0.05, 0.1) is 6.42 Å². The lowest BCUT2D eigenvalue weighted by molar-refractivity contribution is -0.141. The molecule has 3 aromatic rings. The lowest BCUT2D eigenvalue weighted by atomic mass is 10.0. The number of rotatable bonds is 8. The first-order valence-corrected chi connectivity index (χ1v) is 11.8. The van der Waals surface area contributed by atoms with Gasteiger partial charge in [0.2, 0.25) is 11.8 Å². The Labute approximate surface area is 187 Å². The van der Waals surface area contributed by atoms with Crippen LogP contribution in [0.2, 0.25) is 0 Å². The molecule has 0 radical (unpaired) electrons. The molecule has 0 saturated heterocycles. The van der Waals surface area contributed by atoms with Gasteiger partial charge in [0, 0.05) is 17.5 Å². The summed E-state index contributed by atoms with van der Waals surface area (Å²) in [4.78, 5) is 29.8. The molecule has 0 spiro atoms. The summed E-state index contributed by atoms with van der Waals surface area (Å²) in [5, 5.41) is 5.21. The van der Waals surface area contributed by atoms with Crippen LogP contribution in [0.1, 0.15) is 47.7 Å². The zero-order valence-corrected chi connectivity index (χ0v) is 18.4. The Hall–Kier alpha value is -2.92. The molecule has 4 nitrogen and oxygen atoms in total. The smallest absolute Gasteiger partial charge is 0.247 e. The predicted molar refractivity (Wildman–Crippen MR) is 125 cm³/mol. The zero-order valence-electron chi connectivity index (χ0n) is 17.6. The average Bonchev–Trinajstić information content (AvgIpc) is 3.49. The fourth-order valence-electron chi connectivity index (χ4n) is 4.23. The van der Waals surface area contributed by atoms with E-state index in [1.165, 1.54) is 0 Å². The van der Waals surface area contributed by atoms with E-state index >= 15 is 0 Å². The highest BCUT2D eigenvalue weighted by Crippen LogP contribution is 2.27. The van der Waals surface area contributed by atoms with Crippen molar-refractivity contribution in [3.8, 4) is 0 Å². The summed E-state index contributed by atoms with van der Waals surface area (Å²) in [7, 11) is 0. The Kier molecular flexibility index (Phi) is 7.15. The van der Waals surface area contributed by atoms with E-state index in [1.807, 2.05) is 78.2 Å². The second-order valence-corrected chi connectivity index (χ2v) is 9.10. The van der Waals surface area contributed by atoms with Crippen LogP contribution in [-0.2, 0) is 22.6 Å². The summed E-state index contributed by atoms with van der Waals surface area (Å²) in [6, 6.07) is 23.0. The second-order valence-electron chi connectivity index (χ2n) is 8.07. The molecule has 1 aromatic heterocycles. The van der Waals surface area contributed by atoms with E-state index in [0.29, 0.717) is 13.0 Å². The molecule has 1 heterocycles. The van der Waals surface area contributed by atoms with E-state index in [2.05, 4.69) is 5.32 Å². The number of carbonyl (C=O) groups excluding carboxylic acids is 2. The number of hydrogen-bond acceptors (Lipinski definition) is 3. The van der Waals surface area contributed by atoms with Crippen LogP contribution in [0.4, 0.5) is 0 Å². The van der Waals surface area contributed by atoms with Gasteiger partial charge in [-0.1, -0.05) is 79.6 Å². The van der Waals surface area contributed by atoms with Gasteiger partial charge in [0.1, 0.15) is 6.04 Å². The molecule has 2 amide bonds. The monoisotopic (exact) mass is 432 g/mol. The number of amides is 2. The summed E-state index contributed by atoms with van der Waals surface area (Å²) in [5.74, 6) is -0.129. The number of benzene rings is 2. The minimum absolute atomic E-state index is 0.0401. The number of carbonyl (C=O) groups is 2. The number of nitrogens with one attached hydrogen (secondary N) is 1. The van der Waals surface area contributed by atoms with Gasteiger partial charge in [-0.05, 0) is 35.4 Å². The minimum Gasteiger partial charge on any atom is -0.351 e. The third kappa shape index (κ3) is 5.61. The van der Waals surface area contributed by atoms with Crippen LogP contribution in [0, 0.1) is 0 Å². The second kappa shape index (κ2) is 10.4. The molecule has 2 aromatic carbocycles. The van der Waals surface area contributed by atoms with Gasteiger partial charge in [-0.2, -0.15) is 0 Å². The fourth-order valence-corrected chi connectivity index (χ4v) is 4.92. The number of thiophene rings is 1. The van der Waals surface area contributed by atoms with Crippen LogP contribution in [0.15, 0.2) is 78.2 Å². The molecule has 1 fully saturated rings. The van der Waals surface area contributed by atoms with Crippen molar-refractivity contribution in [2.75, 3.05) is 0 Å². The molecule has 0 bridgehead atoms. The Bertz CT molecular complexity index is 967. The molecule has 1 N–H and O–H groups in total. The van der Waals surface area contributed by atoms with E-state index in [4.69, 9.17) is 0 Å². The summed E-state index contributed by atoms with van der Waals surface area (Å²) in [5.41, 5.74) is 1.85. The van der Waals surface area contributed by atoms with Crippen LogP contribution >= 0.6 is 11.3 Å². The van der Waals surface area contributed by atoms with E-state index in [0.717, 1.165) is 41.7 Å². The molecule has 5 heteroatoms. The van der Waals surface area contributed by atoms with Crippen molar-refractivity contribution in [3.05, 3.63) is 94.2 Å². The van der Waals surface area contributed by atoms with Gasteiger partial charge in [-0.15, -0.1) is 11.3 Å². The van der Waals surface area contributed by atoms with E-state index < -0.39 is 6.04 Å². The Balaban J connectivity index is 1.66. The van der Waals surface area contributed by atoms with E-state index in [-0.39, 0.29) is 17.9 Å². The van der Waals surface area contributed by atoms with Gasteiger partial charge in [0.15, 0.2) is 0 Å². The average molecular weight is 433 g/mol. The molecule has 1 aliphatic carbocycles. The third-order valence-corrected chi connectivity index (χ3v) is 6.67. The van der Waals surface area contributed by atoms with Gasteiger partial charge in [-0.25, -0.2) is 0 Å². The lowest BCUT2D eigenvalue weighted by Gasteiger charge is -2.32. The van der Waals surface area contributed by atoms with Crippen molar-refractivity contribution >= 4 is 23.2 Å². The quantitative estimate of drug-likeness (QED) is 0.537. The highest BCUT2D eigenvalue weighted by Gasteiger charge is 2.33. The number of hydrogen-bond donors (Lipinski definition) is 1. The molecule has 1 unspecified atom stereocenters. The molecule has 31 heavy (non-hydrogen) atoms. The third-order valence-electron chi connectivity index (χ3n) is 5.80. The van der Waals surface area contributed by atoms with Crippen molar-refractivity contribution in [1.29, 1.82) is 0 Å². The molecular weight excluding hydrogens is 404 g/mol. The summed E-state index contributed by atoms with van der Waals surface area (Å²) in [6.07, 6.45) is 4.60. The summed E-state index contributed by atoms with van der Waals surface area (Å²) < 4.78 is 0. The molecule has 0 aliphatic heterocycles. The van der Waals surface area contributed by atoms with Crippen molar-refractivity contribution in [3.63, 3.8) is 0 Å². The van der Waals surface area contributed by atoms with Crippen LogP contribution < -0.4 is 5.32 Å². The highest BCUT2D eigenvalue weighted by molar-refractivity contribution is 7.10. The van der Waals surface area contributed by atoms with Gasteiger partial charge >= 0.3 is 0 Å². The Morgan fingerprint density at radius 1 is 0.935 bits per heavy atom. The first-order valence-electron chi connectivity index (χ1n) is 10.9. The lowest BCUT2D eigenvalue weighted by Crippen LogP contribution is -2.46. The van der Waals surface area contributed by atoms with Crippen molar-refractivity contribution in [2.24, 2.45) is 0 Å². The molecular formula is C26H28N2O2S. The molecule has 1 atom stereocenters. The topological polar surface area (TPSA) is 49.4 Å². The fraction of sp³-hybridized carbons (Fsp3) is 0.308. The van der Waals surface area contributed by atoms with Crippen LogP contribution in [0.25, 0.3) is 0 Å². The SMILES string of the molecule is O=C(NC1CCCC1)C(c1ccccc1)N(Cc1ccccc1)C(=O)Cc1cccs1. The standard InChI is InChI=1S/C26H28N2O2S/c29-24(18-23-16-9-17-31-23)28(19-20-10-3-1-4-11-20)25(21-12-5-2-6-13-21)26(30)27-22-14-7-8-15-22/h1-6,9-13,16-17,22,25H,7-8,14-15,18-19H2,(H,27,30). The van der Waals surface area contributed by atoms with Crippen molar-refractivity contribution < 1.29 is 9.59 Å². The van der Waals surface area contributed by atoms with Crippen molar-refractivity contribution in [2.45, 2.75) is 50.7 Å². The maximum atomic E-state index is 13.5. The summed E-state index contributed by atoms with van der Waals surface area (Å²) in [6.45, 7) is 0.392. The van der Waals surface area contributed by atoms with Gasteiger partial charge in [-0.3, -0.25) is 9.59 Å². The highest BCUT2D eigenvalue weighted by atomic mass is 32.1. The zero-order chi connectivity index (χ0) is 21.5. The van der Waals surface area contributed by atoms with E-state index in [9.17, 15) is 9.59 Å². The molecule has 1 saturated carbocycles.